The molecule has 0 heterocycles. The molecule has 0 bridgehead atoms. The maximum Gasteiger partial charge on any atom is 0.472 e. The number of carboxylic acids is 1. The first kappa shape index (κ1) is 53.2. The lowest BCUT2D eigenvalue weighted by atomic mass is 10.0. The van der Waals surface area contributed by atoms with Crippen molar-refractivity contribution in [1.82, 2.24) is 0 Å². The van der Waals surface area contributed by atoms with Crippen molar-refractivity contribution in [2.24, 2.45) is 5.73 Å². The van der Waals surface area contributed by atoms with Gasteiger partial charge in [-0.25, -0.2) is 4.57 Å². The van der Waals surface area contributed by atoms with Gasteiger partial charge < -0.3 is 25.2 Å². The number of aliphatic carboxylic acids is 1. The molecule has 0 spiro atoms. The number of carbonyl (C=O) groups is 3. The monoisotopic (exact) mass is 810 g/mol. The van der Waals surface area contributed by atoms with Crippen molar-refractivity contribution in [3.8, 4) is 0 Å². The van der Waals surface area contributed by atoms with E-state index in [-0.39, 0.29) is 19.4 Å². The van der Waals surface area contributed by atoms with Crippen LogP contribution < -0.4 is 5.73 Å². The van der Waals surface area contributed by atoms with E-state index in [4.69, 9.17) is 24.8 Å². The molecule has 0 aromatic heterocycles. The van der Waals surface area contributed by atoms with E-state index < -0.39 is 51.1 Å². The number of nitrogens with two attached hydrogens (primary N) is 1. The zero-order valence-electron chi connectivity index (χ0n) is 34.5. The minimum absolute atomic E-state index is 0.121. The van der Waals surface area contributed by atoms with Gasteiger partial charge in [-0.1, -0.05) is 145 Å². The molecule has 11 nitrogen and oxygen atoms in total. The van der Waals surface area contributed by atoms with Crippen LogP contribution in [0, 0.1) is 0 Å². The number of esters is 2. The van der Waals surface area contributed by atoms with Crippen LogP contribution in [0.15, 0.2) is 61.3 Å². The second-order valence-corrected chi connectivity index (χ2v) is 15.7. The van der Waals surface area contributed by atoms with Crippen LogP contribution >= 0.6 is 7.82 Å². The number of phosphoric acid groups is 1. The van der Waals surface area contributed by atoms with Crippen molar-refractivity contribution in [3.05, 3.63) is 61.3 Å². The molecule has 0 amide bonds. The largest absolute Gasteiger partial charge is 0.480 e. The molecule has 0 aromatic carbocycles. The van der Waals surface area contributed by atoms with Crippen LogP contribution in [0.1, 0.15) is 167 Å². The zero-order valence-corrected chi connectivity index (χ0v) is 35.4. The average Bonchev–Trinajstić information content (AvgIpc) is 3.17. The molecular weight excluding hydrogens is 733 g/mol. The maximum absolute atomic E-state index is 12.6. The highest BCUT2D eigenvalue weighted by molar-refractivity contribution is 7.47. The van der Waals surface area contributed by atoms with Gasteiger partial charge in [0.25, 0.3) is 0 Å². The van der Waals surface area contributed by atoms with Crippen LogP contribution in [0.4, 0.5) is 0 Å². The van der Waals surface area contributed by atoms with Crippen LogP contribution in [-0.2, 0) is 37.5 Å². The second kappa shape index (κ2) is 39.0. The third-order valence-corrected chi connectivity index (χ3v) is 9.82. The lowest BCUT2D eigenvalue weighted by Gasteiger charge is -2.20. The molecule has 0 fully saturated rings. The summed E-state index contributed by atoms with van der Waals surface area (Å²) >= 11 is 0. The number of allylic oxidation sites excluding steroid dienone is 9. The number of hydrogen-bond acceptors (Lipinski definition) is 9. The smallest absolute Gasteiger partial charge is 0.472 e. The summed E-state index contributed by atoms with van der Waals surface area (Å²) in [5.41, 5.74) is 5.33. The molecule has 0 radical (unpaired) electrons. The number of unbranched alkanes of at least 4 members (excludes halogenated alkanes) is 17. The molecule has 0 rings (SSSR count). The van der Waals surface area contributed by atoms with Gasteiger partial charge in [0.1, 0.15) is 12.6 Å². The van der Waals surface area contributed by atoms with Crippen LogP contribution in [0.25, 0.3) is 0 Å². The highest BCUT2D eigenvalue weighted by Crippen LogP contribution is 2.43. The number of carboxylic acid groups (broad SMARTS) is 1. The molecule has 4 N–H and O–H groups in total. The topological polar surface area (TPSA) is 172 Å². The summed E-state index contributed by atoms with van der Waals surface area (Å²) < 4.78 is 32.6. The van der Waals surface area contributed by atoms with Gasteiger partial charge in [-0.05, 0) is 64.2 Å². The van der Waals surface area contributed by atoms with Crippen LogP contribution in [0.2, 0.25) is 0 Å². The third kappa shape index (κ3) is 38.1. The van der Waals surface area contributed by atoms with Gasteiger partial charge in [0, 0.05) is 12.8 Å². The molecule has 0 aliphatic rings. The van der Waals surface area contributed by atoms with E-state index in [0.29, 0.717) is 12.8 Å². The molecular formula is C44H76NO10P. The standard InChI is InChI=1S/C44H76NO10P/c1-3-5-7-9-11-13-15-17-19-20-22-24-26-28-30-32-34-36-43(47)55-40(38-53-56(50,51)54-39-41(45)44(48)49)37-52-42(46)35-33-31-29-27-25-23-21-18-16-14-12-10-8-6-4-2/h4,7,9,13,15,19-20,24,26,40-41H,2-3,5-6,8,10-12,14,16-18,21-23,25,27-39,45H2,1H3,(H,48,49)(H,50,51)/b9-7+,15-13+,20-19+,26-24+/t40-,41+/m1/s1. The first-order chi connectivity index (χ1) is 27.1. The molecule has 3 atom stereocenters. The van der Waals surface area contributed by atoms with Gasteiger partial charge >= 0.3 is 25.7 Å². The van der Waals surface area contributed by atoms with Crippen molar-refractivity contribution in [2.75, 3.05) is 19.8 Å². The van der Waals surface area contributed by atoms with Crippen LogP contribution in [0.5, 0.6) is 0 Å². The van der Waals surface area contributed by atoms with Gasteiger partial charge in [-0.3, -0.25) is 23.4 Å². The third-order valence-electron chi connectivity index (χ3n) is 8.87. The Hall–Kier alpha value is -2.82. The Bertz CT molecular complexity index is 1170. The predicted octanol–water partition coefficient (Wildman–Crippen LogP) is 11.2. The number of rotatable bonds is 40. The molecule has 0 saturated heterocycles. The van der Waals surface area contributed by atoms with Crippen molar-refractivity contribution in [2.45, 2.75) is 180 Å². The first-order valence-electron chi connectivity index (χ1n) is 21.3. The molecule has 56 heavy (non-hydrogen) atoms. The molecule has 322 valence electrons. The lowest BCUT2D eigenvalue weighted by Crippen LogP contribution is -2.34. The molecule has 0 aliphatic heterocycles. The Morgan fingerprint density at radius 3 is 1.55 bits per heavy atom. The fourth-order valence-corrected chi connectivity index (χ4v) is 6.28. The highest BCUT2D eigenvalue weighted by atomic mass is 31.2. The van der Waals surface area contributed by atoms with Gasteiger partial charge in [0.15, 0.2) is 6.10 Å². The lowest BCUT2D eigenvalue weighted by molar-refractivity contribution is -0.161. The van der Waals surface area contributed by atoms with Gasteiger partial charge in [0.2, 0.25) is 0 Å². The van der Waals surface area contributed by atoms with Crippen molar-refractivity contribution < 1.29 is 47.5 Å². The molecule has 1 unspecified atom stereocenters. The number of carbonyl (C=O) groups excluding carboxylic acids is 2. The molecule has 0 aliphatic carbocycles. The zero-order chi connectivity index (χ0) is 41.4. The van der Waals surface area contributed by atoms with Crippen molar-refractivity contribution in [1.29, 1.82) is 0 Å². The fourth-order valence-electron chi connectivity index (χ4n) is 5.51. The number of hydrogen-bond donors (Lipinski definition) is 3. The summed E-state index contributed by atoms with van der Waals surface area (Å²) in [6.07, 6.45) is 43.2. The summed E-state index contributed by atoms with van der Waals surface area (Å²) in [6, 6.07) is -1.53. The maximum atomic E-state index is 12.6. The summed E-state index contributed by atoms with van der Waals surface area (Å²) in [7, 11) is -4.73. The van der Waals surface area contributed by atoms with Crippen LogP contribution in [0.3, 0.4) is 0 Å². The Morgan fingerprint density at radius 2 is 1.04 bits per heavy atom. The first-order valence-corrected chi connectivity index (χ1v) is 22.8. The Balaban J connectivity index is 4.43. The second-order valence-electron chi connectivity index (χ2n) is 14.2. The summed E-state index contributed by atoms with van der Waals surface area (Å²) in [5.74, 6) is -2.43. The van der Waals surface area contributed by atoms with Crippen LogP contribution in [-0.4, -0.2) is 59.9 Å². The van der Waals surface area contributed by atoms with Crippen molar-refractivity contribution >= 4 is 25.7 Å². The average molecular weight is 810 g/mol. The van der Waals surface area contributed by atoms with E-state index in [1.807, 2.05) is 6.08 Å². The minimum Gasteiger partial charge on any atom is -0.480 e. The molecule has 12 heteroatoms. The number of phosphoric ester groups is 1. The van der Waals surface area contributed by atoms with E-state index in [0.717, 1.165) is 70.6 Å². The highest BCUT2D eigenvalue weighted by Gasteiger charge is 2.28. The van der Waals surface area contributed by atoms with E-state index in [1.54, 1.807) is 0 Å². The van der Waals surface area contributed by atoms with E-state index in [9.17, 15) is 23.8 Å². The van der Waals surface area contributed by atoms with Gasteiger partial charge in [0.05, 0.1) is 13.2 Å². The Kier molecular flexibility index (Phi) is 37.1. The Labute approximate surface area is 338 Å². The molecule has 0 saturated carbocycles. The van der Waals surface area contributed by atoms with E-state index in [1.165, 1.54) is 64.2 Å². The minimum atomic E-state index is -4.73. The summed E-state index contributed by atoms with van der Waals surface area (Å²) in [5, 5.41) is 8.88. The summed E-state index contributed by atoms with van der Waals surface area (Å²) in [6.45, 7) is 4.21. The number of ether oxygens (including phenoxy) is 2. The van der Waals surface area contributed by atoms with E-state index >= 15 is 0 Å². The van der Waals surface area contributed by atoms with E-state index in [2.05, 4.69) is 66.6 Å². The normalized spacial score (nSPS) is 14.1. The fraction of sp³-hybridized carbons (Fsp3) is 0.705. The SMILES string of the molecule is C=CCCCCCCCCCCCCCCCC(=O)OC[C@H](COP(=O)(O)OC[C@H](N)C(=O)O)OC(=O)CCCCC/C=C/C/C=C/C/C=C/C/C=C/CCC. The van der Waals surface area contributed by atoms with Gasteiger partial charge in [-0.15, -0.1) is 6.58 Å². The molecule has 0 aromatic rings. The summed E-state index contributed by atoms with van der Waals surface area (Å²) in [4.78, 5) is 45.9. The Morgan fingerprint density at radius 1 is 0.607 bits per heavy atom. The quantitative estimate of drug-likeness (QED) is 0.0233. The van der Waals surface area contributed by atoms with Gasteiger partial charge in [-0.2, -0.15) is 0 Å². The predicted molar refractivity (Wildman–Crippen MR) is 226 cm³/mol. The van der Waals surface area contributed by atoms with Crippen molar-refractivity contribution in [3.63, 3.8) is 0 Å².